The first-order valence-electron chi connectivity index (χ1n) is 7.76. The minimum atomic E-state index is -0.373. The van der Waals surface area contributed by atoms with E-state index in [9.17, 15) is 4.39 Å². The summed E-state index contributed by atoms with van der Waals surface area (Å²) in [6.45, 7) is 3.70. The maximum atomic E-state index is 14.0. The second-order valence-electron chi connectivity index (χ2n) is 6.43. The molecule has 4 nitrogen and oxygen atoms in total. The predicted octanol–water partition coefficient (Wildman–Crippen LogP) is 3.60. The molecule has 2 fully saturated rings. The van der Waals surface area contributed by atoms with Gasteiger partial charge in [0.15, 0.2) is 11.6 Å². The Bertz CT molecular complexity index is 762. The number of anilines is 1. The molecule has 1 unspecified atom stereocenters. The van der Waals surface area contributed by atoms with Crippen molar-refractivity contribution in [3.63, 3.8) is 0 Å². The summed E-state index contributed by atoms with van der Waals surface area (Å²) in [5.74, 6) is -0.109. The number of nitrogens with zero attached hydrogens (tertiary/aromatic N) is 2. The van der Waals surface area contributed by atoms with Gasteiger partial charge in [0.05, 0.1) is 28.5 Å². The number of halogens is 2. The zero-order valence-corrected chi connectivity index (χ0v) is 15.1. The zero-order chi connectivity index (χ0) is 16.0. The lowest BCUT2D eigenvalue weighted by molar-refractivity contribution is 0.160. The lowest BCUT2D eigenvalue weighted by Crippen LogP contribution is -2.28. The molecule has 1 spiro atoms. The van der Waals surface area contributed by atoms with Crippen LogP contribution < -0.4 is 9.64 Å². The van der Waals surface area contributed by atoms with Crippen LogP contribution in [0, 0.1) is 14.8 Å². The minimum absolute atomic E-state index is 0.264. The molecule has 2 aliphatic rings. The first-order chi connectivity index (χ1) is 11.1. The van der Waals surface area contributed by atoms with Gasteiger partial charge < -0.3 is 14.4 Å². The fraction of sp³-hybridized carbons (Fsp3) is 0.471. The lowest BCUT2D eigenvalue weighted by Gasteiger charge is -2.25. The van der Waals surface area contributed by atoms with Crippen molar-refractivity contribution in [3.8, 4) is 5.75 Å². The van der Waals surface area contributed by atoms with Crippen molar-refractivity contribution < 1.29 is 13.9 Å². The summed E-state index contributed by atoms with van der Waals surface area (Å²) in [5, 5.41) is 0.950. The smallest absolute Gasteiger partial charge is 0.167 e. The molecule has 3 heterocycles. The number of hydrogen-bond donors (Lipinski definition) is 0. The number of methoxy groups -OCH3 is 1. The Hall–Kier alpha value is -1.15. The van der Waals surface area contributed by atoms with Crippen LogP contribution in [0.2, 0.25) is 0 Å². The van der Waals surface area contributed by atoms with Crippen LogP contribution in [0.15, 0.2) is 18.3 Å². The third-order valence-corrected chi connectivity index (χ3v) is 5.80. The van der Waals surface area contributed by atoms with Crippen LogP contribution in [0.3, 0.4) is 0 Å². The van der Waals surface area contributed by atoms with Gasteiger partial charge >= 0.3 is 0 Å². The van der Waals surface area contributed by atoms with E-state index < -0.39 is 0 Å². The molecule has 2 aromatic rings. The van der Waals surface area contributed by atoms with Crippen LogP contribution in [0.25, 0.3) is 10.9 Å². The fourth-order valence-electron chi connectivity index (χ4n) is 3.73. The number of benzene rings is 1. The Kier molecular flexibility index (Phi) is 3.84. The van der Waals surface area contributed by atoms with E-state index in [0.717, 1.165) is 53.8 Å². The fourth-order valence-corrected chi connectivity index (χ4v) is 4.50. The highest BCUT2D eigenvalue weighted by molar-refractivity contribution is 14.1. The van der Waals surface area contributed by atoms with E-state index in [4.69, 9.17) is 9.47 Å². The lowest BCUT2D eigenvalue weighted by atomic mass is 9.87. The summed E-state index contributed by atoms with van der Waals surface area (Å²) >= 11 is 2.31. The number of pyridine rings is 1. The topological polar surface area (TPSA) is 34.6 Å². The molecule has 6 heteroatoms. The molecular weight excluding hydrogens is 410 g/mol. The van der Waals surface area contributed by atoms with Crippen LogP contribution >= 0.6 is 22.6 Å². The van der Waals surface area contributed by atoms with Gasteiger partial charge in [0.25, 0.3) is 0 Å². The summed E-state index contributed by atoms with van der Waals surface area (Å²) < 4.78 is 25.8. The van der Waals surface area contributed by atoms with E-state index in [2.05, 4.69) is 32.5 Å². The molecule has 0 radical (unpaired) electrons. The summed E-state index contributed by atoms with van der Waals surface area (Å²) in [4.78, 5) is 6.78. The molecule has 1 aromatic carbocycles. The molecule has 0 bridgehead atoms. The van der Waals surface area contributed by atoms with E-state index >= 15 is 0 Å². The zero-order valence-electron chi connectivity index (χ0n) is 12.9. The van der Waals surface area contributed by atoms with Crippen LogP contribution in [0.4, 0.5) is 10.1 Å². The molecule has 0 aliphatic carbocycles. The molecular formula is C17H18FIN2O2. The number of aromatic nitrogens is 1. The number of rotatable bonds is 2. The third-order valence-electron chi connectivity index (χ3n) is 5.01. The van der Waals surface area contributed by atoms with Gasteiger partial charge in [0, 0.05) is 42.8 Å². The predicted molar refractivity (Wildman–Crippen MR) is 95.7 cm³/mol. The van der Waals surface area contributed by atoms with E-state index in [-0.39, 0.29) is 17.0 Å². The third kappa shape index (κ3) is 2.55. The van der Waals surface area contributed by atoms with Crippen molar-refractivity contribution in [3.05, 3.63) is 27.7 Å². The number of fused-ring (bicyclic) bond motifs is 1. The van der Waals surface area contributed by atoms with Gasteiger partial charge in [-0.2, -0.15) is 0 Å². The summed E-state index contributed by atoms with van der Waals surface area (Å²) in [5.41, 5.74) is 2.09. The van der Waals surface area contributed by atoms with Crippen LogP contribution in [0.1, 0.15) is 12.8 Å². The molecule has 1 aromatic heterocycles. The molecule has 2 saturated heterocycles. The molecule has 23 heavy (non-hydrogen) atoms. The van der Waals surface area contributed by atoms with Crippen LogP contribution in [0.5, 0.6) is 5.75 Å². The second kappa shape index (κ2) is 5.73. The first-order valence-corrected chi connectivity index (χ1v) is 8.84. The highest BCUT2D eigenvalue weighted by atomic mass is 127. The van der Waals surface area contributed by atoms with Crippen LogP contribution in [-0.4, -0.2) is 38.4 Å². The molecule has 122 valence electrons. The van der Waals surface area contributed by atoms with Gasteiger partial charge in [0.1, 0.15) is 0 Å². The van der Waals surface area contributed by atoms with Crippen molar-refractivity contribution >= 4 is 39.2 Å². The quantitative estimate of drug-likeness (QED) is 0.685. The van der Waals surface area contributed by atoms with E-state index in [0.29, 0.717) is 5.52 Å². The van der Waals surface area contributed by atoms with Gasteiger partial charge in [-0.05, 0) is 41.5 Å². The molecule has 2 aliphatic heterocycles. The van der Waals surface area contributed by atoms with Crippen molar-refractivity contribution in [1.29, 1.82) is 0 Å². The van der Waals surface area contributed by atoms with Gasteiger partial charge in [0.2, 0.25) is 0 Å². The molecule has 0 saturated carbocycles. The second-order valence-corrected chi connectivity index (χ2v) is 7.59. The van der Waals surface area contributed by atoms with E-state index in [1.807, 2.05) is 6.20 Å². The van der Waals surface area contributed by atoms with Crippen molar-refractivity contribution in [2.45, 2.75) is 12.8 Å². The highest BCUT2D eigenvalue weighted by Crippen LogP contribution is 2.43. The average molecular weight is 428 g/mol. The van der Waals surface area contributed by atoms with Gasteiger partial charge in [-0.15, -0.1) is 0 Å². The molecule has 0 amide bonds. The monoisotopic (exact) mass is 428 g/mol. The normalized spacial score (nSPS) is 24.0. The maximum absolute atomic E-state index is 14.0. The SMILES string of the molecule is COc1cc2c(N3CCC4(CCOC4)C3)c(I)cnc2cc1F. The molecule has 4 rings (SSSR count). The Morgan fingerprint density at radius 3 is 3.00 bits per heavy atom. The maximum Gasteiger partial charge on any atom is 0.167 e. The van der Waals surface area contributed by atoms with Gasteiger partial charge in [-0.25, -0.2) is 4.39 Å². The number of hydrogen-bond acceptors (Lipinski definition) is 4. The largest absolute Gasteiger partial charge is 0.494 e. The molecule has 1 atom stereocenters. The highest BCUT2D eigenvalue weighted by Gasteiger charge is 2.42. The van der Waals surface area contributed by atoms with E-state index in [1.54, 1.807) is 6.07 Å². The van der Waals surface area contributed by atoms with Crippen molar-refractivity contribution in [1.82, 2.24) is 4.98 Å². The molecule has 0 N–H and O–H groups in total. The average Bonchev–Trinajstić information content (AvgIpc) is 3.17. The van der Waals surface area contributed by atoms with Gasteiger partial charge in [-0.3, -0.25) is 4.98 Å². The summed E-state index contributed by atoms with van der Waals surface area (Å²) in [7, 11) is 1.49. The van der Waals surface area contributed by atoms with Crippen molar-refractivity contribution in [2.24, 2.45) is 5.41 Å². The Morgan fingerprint density at radius 1 is 1.39 bits per heavy atom. The van der Waals surface area contributed by atoms with Crippen LogP contribution in [-0.2, 0) is 4.74 Å². The Balaban J connectivity index is 1.81. The van der Waals surface area contributed by atoms with E-state index in [1.165, 1.54) is 13.2 Å². The standard InChI is InChI=1S/C17H18FIN2O2/c1-22-15-6-11-14(7-12(15)18)20-8-13(19)16(11)21-4-2-17(9-21)3-5-23-10-17/h6-8H,2-5,9-10H2,1H3. The first kappa shape index (κ1) is 15.4. The van der Waals surface area contributed by atoms with Gasteiger partial charge in [-0.1, -0.05) is 0 Å². The van der Waals surface area contributed by atoms with Crippen molar-refractivity contribution in [2.75, 3.05) is 38.3 Å². The summed E-state index contributed by atoms with van der Waals surface area (Å²) in [6.07, 6.45) is 4.09. The minimum Gasteiger partial charge on any atom is -0.494 e. The Labute approximate surface area is 148 Å². The Morgan fingerprint density at radius 2 is 2.26 bits per heavy atom. The number of ether oxygens (including phenoxy) is 2. The summed E-state index contributed by atoms with van der Waals surface area (Å²) in [6, 6.07) is 3.23.